The van der Waals surface area contributed by atoms with Crippen molar-refractivity contribution in [3.05, 3.63) is 47.5 Å². The average Bonchev–Trinajstić information content (AvgIpc) is 2.87. The molecule has 0 radical (unpaired) electrons. The van der Waals surface area contributed by atoms with Gasteiger partial charge in [-0.2, -0.15) is 5.10 Å². The number of hydrogen-bond acceptors (Lipinski definition) is 4. The number of ether oxygens (including phenoxy) is 1. The van der Waals surface area contributed by atoms with Crippen LogP contribution in [0.2, 0.25) is 0 Å². The standard InChI is InChI=1S/C13H14FN3O2/c1-2-17-7-9(6-16-17)8-19-13(18)10-3-4-12(15)11(14)5-10/h3-7H,2,8,15H2,1H3. The Bertz CT molecular complexity index is 595. The van der Waals surface area contributed by atoms with E-state index in [9.17, 15) is 9.18 Å². The maximum atomic E-state index is 13.2. The Labute approximate surface area is 109 Å². The van der Waals surface area contributed by atoms with E-state index in [1.54, 1.807) is 17.1 Å². The largest absolute Gasteiger partial charge is 0.457 e. The molecule has 2 aromatic rings. The number of esters is 1. The van der Waals surface area contributed by atoms with Crippen LogP contribution in [0.5, 0.6) is 0 Å². The molecule has 100 valence electrons. The summed E-state index contributed by atoms with van der Waals surface area (Å²) in [5, 5.41) is 4.06. The summed E-state index contributed by atoms with van der Waals surface area (Å²) >= 11 is 0. The molecule has 5 nitrogen and oxygen atoms in total. The highest BCUT2D eigenvalue weighted by molar-refractivity contribution is 5.89. The number of nitrogens with zero attached hydrogens (tertiary/aromatic N) is 2. The molecule has 0 aliphatic heterocycles. The van der Waals surface area contributed by atoms with Gasteiger partial charge in [0.15, 0.2) is 0 Å². The van der Waals surface area contributed by atoms with Crippen molar-refractivity contribution in [3.8, 4) is 0 Å². The fourth-order valence-electron chi connectivity index (χ4n) is 1.54. The number of benzene rings is 1. The minimum atomic E-state index is -0.631. The minimum absolute atomic E-state index is 0.000715. The van der Waals surface area contributed by atoms with Crippen molar-refractivity contribution in [1.29, 1.82) is 0 Å². The Morgan fingerprint density at radius 3 is 2.95 bits per heavy atom. The second-order valence-corrected chi connectivity index (χ2v) is 4.02. The Kier molecular flexibility index (Phi) is 3.79. The number of nitrogens with two attached hydrogens (primary N) is 1. The molecule has 0 bridgehead atoms. The smallest absolute Gasteiger partial charge is 0.338 e. The maximum absolute atomic E-state index is 13.2. The predicted octanol–water partition coefficient (Wildman–Crippen LogP) is 1.98. The lowest BCUT2D eigenvalue weighted by Gasteiger charge is -2.04. The van der Waals surface area contributed by atoms with Gasteiger partial charge < -0.3 is 10.5 Å². The van der Waals surface area contributed by atoms with E-state index in [0.29, 0.717) is 0 Å². The van der Waals surface area contributed by atoms with E-state index in [-0.39, 0.29) is 17.9 Å². The third-order valence-electron chi connectivity index (χ3n) is 2.62. The first-order valence-corrected chi connectivity index (χ1v) is 5.83. The van der Waals surface area contributed by atoms with Crippen LogP contribution < -0.4 is 5.73 Å². The van der Waals surface area contributed by atoms with Gasteiger partial charge in [0.05, 0.1) is 17.4 Å². The molecular weight excluding hydrogens is 249 g/mol. The zero-order valence-electron chi connectivity index (χ0n) is 10.5. The molecular formula is C13H14FN3O2. The van der Waals surface area contributed by atoms with Crippen LogP contribution in [0.25, 0.3) is 0 Å². The van der Waals surface area contributed by atoms with Gasteiger partial charge in [-0.25, -0.2) is 9.18 Å². The molecule has 0 aliphatic rings. The van der Waals surface area contributed by atoms with Gasteiger partial charge in [0.1, 0.15) is 12.4 Å². The number of anilines is 1. The summed E-state index contributed by atoms with van der Waals surface area (Å²) in [6, 6.07) is 3.82. The molecule has 19 heavy (non-hydrogen) atoms. The van der Waals surface area contributed by atoms with Crippen molar-refractivity contribution < 1.29 is 13.9 Å². The first kappa shape index (κ1) is 13.1. The number of hydrogen-bond donors (Lipinski definition) is 1. The zero-order chi connectivity index (χ0) is 13.8. The zero-order valence-corrected chi connectivity index (χ0v) is 10.5. The fraction of sp³-hybridized carbons (Fsp3) is 0.231. The van der Waals surface area contributed by atoms with Crippen LogP contribution in [0.15, 0.2) is 30.6 Å². The van der Waals surface area contributed by atoms with Crippen LogP contribution >= 0.6 is 0 Å². The number of carbonyl (C=O) groups excluding carboxylic acids is 1. The van der Waals surface area contributed by atoms with E-state index in [1.807, 2.05) is 6.92 Å². The lowest BCUT2D eigenvalue weighted by molar-refractivity contribution is 0.0472. The second kappa shape index (κ2) is 5.51. The molecule has 1 aromatic carbocycles. The van der Waals surface area contributed by atoms with Crippen LogP contribution in [0.1, 0.15) is 22.8 Å². The first-order chi connectivity index (χ1) is 9.10. The quantitative estimate of drug-likeness (QED) is 0.676. The number of rotatable bonds is 4. The molecule has 0 saturated carbocycles. The average molecular weight is 263 g/mol. The summed E-state index contributed by atoms with van der Waals surface area (Å²) < 4.78 is 20.0. The monoisotopic (exact) mass is 263 g/mol. The van der Waals surface area contributed by atoms with E-state index in [0.717, 1.165) is 18.2 Å². The van der Waals surface area contributed by atoms with Crippen molar-refractivity contribution in [3.63, 3.8) is 0 Å². The van der Waals surface area contributed by atoms with Gasteiger partial charge in [0.25, 0.3) is 0 Å². The van der Waals surface area contributed by atoms with E-state index in [4.69, 9.17) is 10.5 Å². The van der Waals surface area contributed by atoms with Gasteiger partial charge in [-0.3, -0.25) is 4.68 Å². The lowest BCUT2D eigenvalue weighted by atomic mass is 10.2. The van der Waals surface area contributed by atoms with Gasteiger partial charge >= 0.3 is 5.97 Å². The van der Waals surface area contributed by atoms with E-state index in [2.05, 4.69) is 5.10 Å². The molecule has 0 amide bonds. The summed E-state index contributed by atoms with van der Waals surface area (Å²) in [5.41, 5.74) is 6.25. The highest BCUT2D eigenvalue weighted by Crippen LogP contribution is 2.13. The van der Waals surface area contributed by atoms with Gasteiger partial charge in [-0.05, 0) is 25.1 Å². The van der Waals surface area contributed by atoms with Crippen LogP contribution in [0.3, 0.4) is 0 Å². The van der Waals surface area contributed by atoms with Crippen molar-refractivity contribution in [2.75, 3.05) is 5.73 Å². The number of carbonyl (C=O) groups is 1. The van der Waals surface area contributed by atoms with Gasteiger partial charge in [-0.1, -0.05) is 0 Å². The van der Waals surface area contributed by atoms with Crippen molar-refractivity contribution >= 4 is 11.7 Å². The number of halogens is 1. The second-order valence-electron chi connectivity index (χ2n) is 4.02. The van der Waals surface area contributed by atoms with Crippen molar-refractivity contribution in [2.24, 2.45) is 0 Å². The maximum Gasteiger partial charge on any atom is 0.338 e. The Hall–Kier alpha value is -2.37. The summed E-state index contributed by atoms with van der Waals surface area (Å²) in [6.07, 6.45) is 3.41. The van der Waals surface area contributed by atoms with Crippen LogP contribution in [-0.4, -0.2) is 15.7 Å². The number of nitrogen functional groups attached to an aromatic ring is 1. The molecule has 2 N–H and O–H groups in total. The lowest BCUT2D eigenvalue weighted by Crippen LogP contribution is -2.06. The fourth-order valence-corrected chi connectivity index (χ4v) is 1.54. The highest BCUT2D eigenvalue weighted by atomic mass is 19.1. The van der Waals surface area contributed by atoms with Gasteiger partial charge in [-0.15, -0.1) is 0 Å². The van der Waals surface area contributed by atoms with Crippen molar-refractivity contribution in [1.82, 2.24) is 9.78 Å². The number of aromatic nitrogens is 2. The third-order valence-corrected chi connectivity index (χ3v) is 2.62. The molecule has 1 aromatic heterocycles. The predicted molar refractivity (Wildman–Crippen MR) is 67.8 cm³/mol. The summed E-state index contributed by atoms with van der Waals surface area (Å²) in [4.78, 5) is 11.7. The molecule has 6 heteroatoms. The van der Waals surface area contributed by atoms with Crippen molar-refractivity contribution in [2.45, 2.75) is 20.1 Å². The normalized spacial score (nSPS) is 10.4. The summed E-state index contributed by atoms with van der Waals surface area (Å²) in [5.74, 6) is -1.23. The minimum Gasteiger partial charge on any atom is -0.457 e. The summed E-state index contributed by atoms with van der Waals surface area (Å²) in [6.45, 7) is 2.81. The van der Waals surface area contributed by atoms with Crippen LogP contribution in [0.4, 0.5) is 10.1 Å². The van der Waals surface area contributed by atoms with Crippen LogP contribution in [-0.2, 0) is 17.9 Å². The molecule has 0 spiro atoms. The Morgan fingerprint density at radius 1 is 1.53 bits per heavy atom. The molecule has 0 fully saturated rings. The molecule has 0 atom stereocenters. The first-order valence-electron chi connectivity index (χ1n) is 5.83. The molecule has 0 unspecified atom stereocenters. The van der Waals surface area contributed by atoms with E-state index >= 15 is 0 Å². The SMILES string of the molecule is CCn1cc(COC(=O)c2ccc(N)c(F)c2)cn1. The van der Waals surface area contributed by atoms with Gasteiger partial charge in [0, 0.05) is 18.3 Å². The Balaban J connectivity index is 1.99. The summed E-state index contributed by atoms with van der Waals surface area (Å²) in [7, 11) is 0. The Morgan fingerprint density at radius 2 is 2.32 bits per heavy atom. The van der Waals surface area contributed by atoms with E-state index in [1.165, 1.54) is 12.1 Å². The number of aryl methyl sites for hydroxylation is 1. The molecule has 2 rings (SSSR count). The molecule has 1 heterocycles. The van der Waals surface area contributed by atoms with Crippen LogP contribution in [0, 0.1) is 5.82 Å². The van der Waals surface area contributed by atoms with E-state index < -0.39 is 11.8 Å². The highest BCUT2D eigenvalue weighted by Gasteiger charge is 2.10. The third kappa shape index (κ3) is 3.09. The molecule has 0 aliphatic carbocycles. The van der Waals surface area contributed by atoms with Gasteiger partial charge in [0.2, 0.25) is 0 Å². The molecule has 0 saturated heterocycles. The topological polar surface area (TPSA) is 70.1 Å².